The number of aromatic nitrogens is 3. The van der Waals surface area contributed by atoms with Gasteiger partial charge in [0, 0.05) is 44.7 Å². The zero-order chi connectivity index (χ0) is 25.9. The summed E-state index contributed by atoms with van der Waals surface area (Å²) in [6.45, 7) is 0. The number of hydrogen-bond acceptors (Lipinski definition) is 1. The quantitative estimate of drug-likeness (QED) is 0.236. The van der Waals surface area contributed by atoms with Crippen LogP contribution in [0.25, 0.3) is 66.2 Å². The molecule has 0 aliphatic heterocycles. The molecule has 0 radical (unpaired) electrons. The molecule has 0 atom stereocenters. The SMILES string of the molecule is Fc1ccc2c(c1)c1cc(-c3ccccn3)ccc1n2-c1ccc2c(c1)c1ccccc1n2-c1ccccc1. The highest BCUT2D eigenvalue weighted by atomic mass is 19.1. The second-order valence-corrected chi connectivity index (χ2v) is 9.83. The highest BCUT2D eigenvalue weighted by Crippen LogP contribution is 2.38. The molecule has 3 aromatic heterocycles. The number of halogens is 1. The molecule has 3 heterocycles. The van der Waals surface area contributed by atoms with Gasteiger partial charge in [-0.15, -0.1) is 0 Å². The van der Waals surface area contributed by atoms with E-state index in [4.69, 9.17) is 0 Å². The van der Waals surface area contributed by atoms with Crippen LogP contribution in [-0.2, 0) is 0 Å². The zero-order valence-corrected chi connectivity index (χ0v) is 20.9. The van der Waals surface area contributed by atoms with Crippen molar-refractivity contribution < 1.29 is 4.39 Å². The van der Waals surface area contributed by atoms with E-state index in [-0.39, 0.29) is 5.82 Å². The Morgan fingerprint density at radius 3 is 1.92 bits per heavy atom. The number of nitrogens with zero attached hydrogens (tertiary/aromatic N) is 3. The molecule has 5 aromatic carbocycles. The van der Waals surface area contributed by atoms with Crippen molar-refractivity contribution in [2.45, 2.75) is 0 Å². The van der Waals surface area contributed by atoms with Crippen LogP contribution in [0.5, 0.6) is 0 Å². The van der Waals surface area contributed by atoms with Gasteiger partial charge in [-0.25, -0.2) is 4.39 Å². The first-order valence-electron chi connectivity index (χ1n) is 13.0. The molecule has 184 valence electrons. The number of para-hydroxylation sites is 2. The van der Waals surface area contributed by atoms with Gasteiger partial charge in [-0.1, -0.05) is 48.5 Å². The highest BCUT2D eigenvalue weighted by Gasteiger charge is 2.17. The summed E-state index contributed by atoms with van der Waals surface area (Å²) < 4.78 is 19.1. The molecule has 4 heteroatoms. The van der Waals surface area contributed by atoms with Crippen LogP contribution in [0.4, 0.5) is 4.39 Å². The predicted molar refractivity (Wildman–Crippen MR) is 158 cm³/mol. The summed E-state index contributed by atoms with van der Waals surface area (Å²) in [5.41, 5.74) is 8.38. The Morgan fingerprint density at radius 1 is 0.462 bits per heavy atom. The van der Waals surface area contributed by atoms with Gasteiger partial charge in [0.05, 0.1) is 27.8 Å². The molecular formula is C35H22FN3. The van der Waals surface area contributed by atoms with E-state index in [9.17, 15) is 4.39 Å². The second-order valence-electron chi connectivity index (χ2n) is 9.83. The third-order valence-electron chi connectivity index (χ3n) is 7.62. The van der Waals surface area contributed by atoms with Crippen molar-refractivity contribution in [3.8, 4) is 22.6 Å². The van der Waals surface area contributed by atoms with Gasteiger partial charge in [0.2, 0.25) is 0 Å². The van der Waals surface area contributed by atoms with E-state index in [1.807, 2.05) is 30.3 Å². The van der Waals surface area contributed by atoms with Crippen molar-refractivity contribution in [3.05, 3.63) is 139 Å². The highest BCUT2D eigenvalue weighted by molar-refractivity contribution is 6.12. The van der Waals surface area contributed by atoms with Gasteiger partial charge in [-0.3, -0.25) is 4.98 Å². The van der Waals surface area contributed by atoms with Gasteiger partial charge in [-0.05, 0) is 78.9 Å². The Hall–Kier alpha value is -5.22. The lowest BCUT2D eigenvalue weighted by Gasteiger charge is -2.10. The van der Waals surface area contributed by atoms with Crippen LogP contribution in [-0.4, -0.2) is 14.1 Å². The molecule has 0 saturated carbocycles. The average Bonchev–Trinajstić information content (AvgIpc) is 3.50. The van der Waals surface area contributed by atoms with Crippen molar-refractivity contribution >= 4 is 43.6 Å². The Kier molecular flexibility index (Phi) is 4.70. The molecule has 8 rings (SSSR count). The van der Waals surface area contributed by atoms with Gasteiger partial charge in [-0.2, -0.15) is 0 Å². The lowest BCUT2D eigenvalue weighted by molar-refractivity contribution is 0.629. The van der Waals surface area contributed by atoms with Gasteiger partial charge in [0.1, 0.15) is 5.82 Å². The predicted octanol–water partition coefficient (Wildman–Crippen LogP) is 9.08. The van der Waals surface area contributed by atoms with Gasteiger partial charge in [0.25, 0.3) is 0 Å². The fourth-order valence-electron chi connectivity index (χ4n) is 5.92. The van der Waals surface area contributed by atoms with E-state index in [0.29, 0.717) is 0 Å². The normalized spacial score (nSPS) is 11.7. The van der Waals surface area contributed by atoms with Crippen LogP contribution >= 0.6 is 0 Å². The third kappa shape index (κ3) is 3.32. The molecule has 0 N–H and O–H groups in total. The number of hydrogen-bond donors (Lipinski definition) is 0. The smallest absolute Gasteiger partial charge is 0.123 e. The molecule has 0 unspecified atom stereocenters. The maximum absolute atomic E-state index is 14.5. The molecule has 0 bridgehead atoms. The molecular weight excluding hydrogens is 481 g/mol. The van der Waals surface area contributed by atoms with E-state index in [2.05, 4.69) is 99.0 Å². The summed E-state index contributed by atoms with van der Waals surface area (Å²) in [6, 6.07) is 42.9. The van der Waals surface area contributed by atoms with Crippen LogP contribution in [0.3, 0.4) is 0 Å². The summed E-state index contributed by atoms with van der Waals surface area (Å²) in [5, 5.41) is 4.26. The molecule has 0 spiro atoms. The van der Waals surface area contributed by atoms with Crippen molar-refractivity contribution in [3.63, 3.8) is 0 Å². The fraction of sp³-hybridized carbons (Fsp3) is 0. The minimum absolute atomic E-state index is 0.244. The monoisotopic (exact) mass is 503 g/mol. The average molecular weight is 504 g/mol. The van der Waals surface area contributed by atoms with Gasteiger partial charge >= 0.3 is 0 Å². The van der Waals surface area contributed by atoms with E-state index in [1.165, 1.54) is 22.4 Å². The lowest BCUT2D eigenvalue weighted by Crippen LogP contribution is -1.95. The van der Waals surface area contributed by atoms with E-state index < -0.39 is 0 Å². The minimum atomic E-state index is -0.244. The van der Waals surface area contributed by atoms with Crippen LogP contribution in [0, 0.1) is 5.82 Å². The zero-order valence-electron chi connectivity index (χ0n) is 20.9. The first kappa shape index (κ1) is 21.8. The summed E-state index contributed by atoms with van der Waals surface area (Å²) in [7, 11) is 0. The maximum Gasteiger partial charge on any atom is 0.123 e. The van der Waals surface area contributed by atoms with Crippen molar-refractivity contribution in [2.75, 3.05) is 0 Å². The summed E-state index contributed by atoms with van der Waals surface area (Å²) in [4.78, 5) is 4.53. The van der Waals surface area contributed by atoms with E-state index >= 15 is 0 Å². The van der Waals surface area contributed by atoms with E-state index in [1.54, 1.807) is 12.3 Å². The Balaban J connectivity index is 1.42. The molecule has 0 aliphatic carbocycles. The molecule has 0 fully saturated rings. The number of fused-ring (bicyclic) bond motifs is 6. The van der Waals surface area contributed by atoms with Crippen LogP contribution in [0.2, 0.25) is 0 Å². The van der Waals surface area contributed by atoms with Crippen LogP contribution in [0.15, 0.2) is 134 Å². The lowest BCUT2D eigenvalue weighted by atomic mass is 10.1. The molecule has 0 saturated heterocycles. The van der Waals surface area contributed by atoms with Gasteiger partial charge < -0.3 is 9.13 Å². The third-order valence-corrected chi connectivity index (χ3v) is 7.62. The summed E-state index contributed by atoms with van der Waals surface area (Å²) in [5.74, 6) is -0.244. The second kappa shape index (κ2) is 8.40. The van der Waals surface area contributed by atoms with Crippen molar-refractivity contribution in [1.82, 2.24) is 14.1 Å². The molecule has 39 heavy (non-hydrogen) atoms. The number of pyridine rings is 1. The molecule has 8 aromatic rings. The molecule has 3 nitrogen and oxygen atoms in total. The molecule has 0 aliphatic rings. The van der Waals surface area contributed by atoms with Crippen LogP contribution < -0.4 is 0 Å². The van der Waals surface area contributed by atoms with E-state index in [0.717, 1.165) is 50.0 Å². The maximum atomic E-state index is 14.5. The Morgan fingerprint density at radius 2 is 1.10 bits per heavy atom. The van der Waals surface area contributed by atoms with Gasteiger partial charge in [0.15, 0.2) is 0 Å². The van der Waals surface area contributed by atoms with Crippen LogP contribution in [0.1, 0.15) is 0 Å². The van der Waals surface area contributed by atoms with Crippen molar-refractivity contribution in [2.24, 2.45) is 0 Å². The number of rotatable bonds is 3. The fourth-order valence-corrected chi connectivity index (χ4v) is 5.92. The topological polar surface area (TPSA) is 22.8 Å². The first-order valence-corrected chi connectivity index (χ1v) is 13.0. The first-order chi connectivity index (χ1) is 19.3. The standard InChI is InChI=1S/C35H22FN3/c36-24-14-17-34-29(21-24)28-20-23(31-11-6-7-19-37-31)13-16-33(28)39(34)26-15-18-35-30(22-26)27-10-4-5-12-32(27)38(35)25-8-2-1-3-9-25/h1-22H. The minimum Gasteiger partial charge on any atom is -0.309 e. The summed E-state index contributed by atoms with van der Waals surface area (Å²) >= 11 is 0. The Bertz CT molecular complexity index is 2170. The van der Waals surface area contributed by atoms with Crippen molar-refractivity contribution in [1.29, 1.82) is 0 Å². The number of benzene rings is 5. The Labute approximate surface area is 224 Å². The largest absolute Gasteiger partial charge is 0.309 e. The molecule has 0 amide bonds. The summed E-state index contributed by atoms with van der Waals surface area (Å²) in [6.07, 6.45) is 1.80.